The van der Waals surface area contributed by atoms with Gasteiger partial charge in [-0.05, 0) is 18.9 Å². The molecule has 0 aromatic heterocycles. The largest absolute Gasteiger partial charge is 0.388 e. The van der Waals surface area contributed by atoms with Crippen LogP contribution in [-0.2, 0) is 0 Å². The van der Waals surface area contributed by atoms with E-state index in [2.05, 4.69) is 31.0 Å². The predicted octanol–water partition coefficient (Wildman–Crippen LogP) is 3.51. The van der Waals surface area contributed by atoms with Gasteiger partial charge in [0.2, 0.25) is 0 Å². The molecule has 5 heteroatoms. The minimum absolute atomic E-state index is 0.129. The summed E-state index contributed by atoms with van der Waals surface area (Å²) in [6.07, 6.45) is 1.10. The summed E-state index contributed by atoms with van der Waals surface area (Å²) in [5.41, 5.74) is 1.80. The Hall–Kier alpha value is -1.78. The lowest BCUT2D eigenvalue weighted by Crippen LogP contribution is -2.28. The number of nitrogens with one attached hydrogen (secondary N) is 1. The molecule has 0 saturated carbocycles. The molecule has 1 aromatic rings. The van der Waals surface area contributed by atoms with Crippen molar-refractivity contribution in [2.75, 3.05) is 30.4 Å². The van der Waals surface area contributed by atoms with Gasteiger partial charge < -0.3 is 10.2 Å². The van der Waals surface area contributed by atoms with Gasteiger partial charge in [0.15, 0.2) is 0 Å². The highest BCUT2D eigenvalue weighted by Crippen LogP contribution is 2.27. The van der Waals surface area contributed by atoms with Gasteiger partial charge in [-0.2, -0.15) is 0 Å². The minimum Gasteiger partial charge on any atom is -0.388 e. The number of hydrogen-bond donors (Lipinski definition) is 1. The molecule has 5 nitrogen and oxygen atoms in total. The van der Waals surface area contributed by atoms with Crippen LogP contribution in [0.3, 0.4) is 0 Å². The highest BCUT2D eigenvalue weighted by Gasteiger charge is 2.14. The molecule has 1 aromatic carbocycles. The first-order chi connectivity index (χ1) is 9.01. The minimum atomic E-state index is -0.346. The smallest absolute Gasteiger partial charge is 0.273 e. The molecular formula is C14H23N3O2. The monoisotopic (exact) mass is 265 g/mol. The van der Waals surface area contributed by atoms with Crippen molar-refractivity contribution in [3.05, 3.63) is 28.3 Å². The third-order valence-corrected chi connectivity index (χ3v) is 3.38. The van der Waals surface area contributed by atoms with Crippen LogP contribution in [0.15, 0.2) is 18.2 Å². The zero-order chi connectivity index (χ0) is 14.4. The SMILES string of the molecule is CCC(C)CN(CC)c1cc(NC)cc([N+](=O)[O-])c1. The number of rotatable bonds is 7. The van der Waals surface area contributed by atoms with Gasteiger partial charge in [0.25, 0.3) is 5.69 Å². The molecule has 1 atom stereocenters. The van der Waals surface area contributed by atoms with E-state index in [0.717, 1.165) is 30.9 Å². The predicted molar refractivity (Wildman–Crippen MR) is 80.0 cm³/mol. The molecule has 0 aliphatic rings. The average molecular weight is 265 g/mol. The van der Waals surface area contributed by atoms with Crippen molar-refractivity contribution in [3.63, 3.8) is 0 Å². The number of anilines is 2. The quantitative estimate of drug-likeness (QED) is 0.605. The molecule has 0 radical (unpaired) electrons. The average Bonchev–Trinajstić information content (AvgIpc) is 2.43. The maximum Gasteiger partial charge on any atom is 0.273 e. The molecule has 1 unspecified atom stereocenters. The van der Waals surface area contributed by atoms with E-state index in [1.165, 1.54) is 0 Å². The van der Waals surface area contributed by atoms with E-state index in [1.807, 2.05) is 6.07 Å². The van der Waals surface area contributed by atoms with E-state index in [0.29, 0.717) is 5.92 Å². The van der Waals surface area contributed by atoms with Crippen molar-refractivity contribution in [2.24, 2.45) is 5.92 Å². The van der Waals surface area contributed by atoms with Crippen LogP contribution in [0.2, 0.25) is 0 Å². The maximum absolute atomic E-state index is 11.0. The third kappa shape index (κ3) is 4.12. The lowest BCUT2D eigenvalue weighted by molar-refractivity contribution is -0.384. The molecule has 0 fully saturated rings. The van der Waals surface area contributed by atoms with Crippen LogP contribution in [-0.4, -0.2) is 25.1 Å². The fourth-order valence-electron chi connectivity index (χ4n) is 1.95. The molecule has 19 heavy (non-hydrogen) atoms. The lowest BCUT2D eigenvalue weighted by atomic mass is 10.1. The second kappa shape index (κ2) is 6.97. The molecule has 1 N–H and O–H groups in total. The number of nitrogens with zero attached hydrogens (tertiary/aromatic N) is 2. The van der Waals surface area contributed by atoms with Crippen LogP contribution in [0, 0.1) is 16.0 Å². The zero-order valence-electron chi connectivity index (χ0n) is 12.1. The summed E-state index contributed by atoms with van der Waals surface area (Å²) >= 11 is 0. The number of hydrogen-bond acceptors (Lipinski definition) is 4. The van der Waals surface area contributed by atoms with Gasteiger partial charge in [-0.3, -0.25) is 10.1 Å². The normalized spacial score (nSPS) is 12.0. The van der Waals surface area contributed by atoms with Crippen LogP contribution in [0.5, 0.6) is 0 Å². The van der Waals surface area contributed by atoms with Crippen molar-refractivity contribution in [2.45, 2.75) is 27.2 Å². The van der Waals surface area contributed by atoms with Crippen LogP contribution in [0.4, 0.5) is 17.1 Å². The fourth-order valence-corrected chi connectivity index (χ4v) is 1.95. The highest BCUT2D eigenvalue weighted by atomic mass is 16.6. The van der Waals surface area contributed by atoms with E-state index in [4.69, 9.17) is 0 Å². The molecule has 0 amide bonds. The number of non-ortho nitro benzene ring substituents is 1. The van der Waals surface area contributed by atoms with Crippen molar-refractivity contribution in [1.29, 1.82) is 0 Å². The molecule has 0 bridgehead atoms. The Morgan fingerprint density at radius 2 is 2.05 bits per heavy atom. The number of nitro groups is 1. The molecule has 1 rings (SSSR count). The second-order valence-corrected chi connectivity index (χ2v) is 4.80. The van der Waals surface area contributed by atoms with Gasteiger partial charge in [-0.1, -0.05) is 20.3 Å². The first-order valence-corrected chi connectivity index (χ1v) is 6.73. The molecule has 0 aliphatic carbocycles. The Morgan fingerprint density at radius 3 is 2.53 bits per heavy atom. The van der Waals surface area contributed by atoms with Crippen LogP contribution >= 0.6 is 0 Å². The standard InChI is InChI=1S/C14H23N3O2/c1-5-11(3)10-16(6-2)13-7-12(15-4)8-14(9-13)17(18)19/h7-9,11,15H,5-6,10H2,1-4H3. The molecule has 0 aliphatic heterocycles. The van der Waals surface area contributed by atoms with Crippen LogP contribution < -0.4 is 10.2 Å². The Kier molecular flexibility index (Phi) is 5.60. The van der Waals surface area contributed by atoms with E-state index >= 15 is 0 Å². The lowest BCUT2D eigenvalue weighted by Gasteiger charge is -2.26. The van der Waals surface area contributed by atoms with E-state index in [9.17, 15) is 10.1 Å². The van der Waals surface area contributed by atoms with Crippen LogP contribution in [0.25, 0.3) is 0 Å². The van der Waals surface area contributed by atoms with Gasteiger partial charge >= 0.3 is 0 Å². The summed E-state index contributed by atoms with van der Waals surface area (Å²) < 4.78 is 0. The fraction of sp³-hybridized carbons (Fsp3) is 0.571. The Morgan fingerprint density at radius 1 is 1.37 bits per heavy atom. The van der Waals surface area contributed by atoms with Gasteiger partial charge in [0, 0.05) is 43.6 Å². The zero-order valence-corrected chi connectivity index (χ0v) is 12.1. The molecule has 106 valence electrons. The van der Waals surface area contributed by atoms with Gasteiger partial charge in [-0.25, -0.2) is 0 Å². The first kappa shape index (κ1) is 15.3. The summed E-state index contributed by atoms with van der Waals surface area (Å²) in [5, 5.41) is 13.9. The molecule has 0 saturated heterocycles. The Balaban J connectivity index is 3.08. The summed E-state index contributed by atoms with van der Waals surface area (Å²) in [6, 6.07) is 5.16. The number of benzene rings is 1. The summed E-state index contributed by atoms with van der Waals surface area (Å²) in [6.45, 7) is 8.18. The Labute approximate surface area is 114 Å². The van der Waals surface area contributed by atoms with Crippen molar-refractivity contribution < 1.29 is 4.92 Å². The second-order valence-electron chi connectivity index (χ2n) is 4.80. The summed E-state index contributed by atoms with van der Waals surface area (Å²) in [7, 11) is 1.77. The maximum atomic E-state index is 11.0. The van der Waals surface area contributed by atoms with E-state index < -0.39 is 0 Å². The highest BCUT2D eigenvalue weighted by molar-refractivity contribution is 5.64. The van der Waals surface area contributed by atoms with Crippen molar-refractivity contribution in [3.8, 4) is 0 Å². The molecule has 0 spiro atoms. The summed E-state index contributed by atoms with van der Waals surface area (Å²) in [4.78, 5) is 12.8. The van der Waals surface area contributed by atoms with E-state index in [1.54, 1.807) is 19.2 Å². The van der Waals surface area contributed by atoms with Gasteiger partial charge in [0.1, 0.15) is 0 Å². The number of nitro benzene ring substituents is 1. The topological polar surface area (TPSA) is 58.4 Å². The Bertz CT molecular complexity index is 435. The molecule has 0 heterocycles. The summed E-state index contributed by atoms with van der Waals surface area (Å²) in [5.74, 6) is 0.567. The first-order valence-electron chi connectivity index (χ1n) is 6.73. The van der Waals surface area contributed by atoms with E-state index in [-0.39, 0.29) is 10.6 Å². The molecular weight excluding hydrogens is 242 g/mol. The van der Waals surface area contributed by atoms with Gasteiger partial charge in [-0.15, -0.1) is 0 Å². The van der Waals surface area contributed by atoms with Crippen molar-refractivity contribution >= 4 is 17.1 Å². The van der Waals surface area contributed by atoms with Crippen molar-refractivity contribution in [1.82, 2.24) is 0 Å². The third-order valence-electron chi connectivity index (χ3n) is 3.38. The van der Waals surface area contributed by atoms with Crippen LogP contribution in [0.1, 0.15) is 27.2 Å². The van der Waals surface area contributed by atoms with Gasteiger partial charge in [0.05, 0.1) is 4.92 Å².